The third kappa shape index (κ3) is 8.08. The third-order valence-corrected chi connectivity index (χ3v) is 8.01. The van der Waals surface area contributed by atoms with Crippen molar-refractivity contribution in [1.82, 2.24) is 34.5 Å². The van der Waals surface area contributed by atoms with E-state index in [0.717, 1.165) is 76.3 Å². The van der Waals surface area contributed by atoms with Crippen LogP contribution < -0.4 is 5.32 Å². The molecule has 4 rings (SSSR count). The molecule has 0 spiro atoms. The molecule has 2 aliphatic heterocycles. The van der Waals surface area contributed by atoms with Gasteiger partial charge in [-0.15, -0.1) is 0 Å². The van der Waals surface area contributed by atoms with E-state index in [1.165, 1.54) is 37.1 Å². The molecule has 8 heteroatoms. The molecule has 0 bridgehead atoms. The zero-order valence-electron chi connectivity index (χ0n) is 24.6. The Bertz CT molecular complexity index is 1070. The summed E-state index contributed by atoms with van der Waals surface area (Å²) < 4.78 is 2.09. The van der Waals surface area contributed by atoms with Crippen molar-refractivity contribution in [3.63, 3.8) is 0 Å². The zero-order chi connectivity index (χ0) is 27.6. The molecule has 2 aliphatic rings. The SMILES string of the molecule is CCCN(CCC)CCCCN1CCCc2cc(CN(Cc3nccn3C)CC3NC=CN3C)ccc2C1=O. The second kappa shape index (κ2) is 14.5. The van der Waals surface area contributed by atoms with Gasteiger partial charge in [0.05, 0.1) is 6.54 Å². The molecule has 3 heterocycles. The lowest BCUT2D eigenvalue weighted by Crippen LogP contribution is -2.43. The van der Waals surface area contributed by atoms with Crippen molar-refractivity contribution in [1.29, 1.82) is 0 Å². The maximum absolute atomic E-state index is 13.5. The van der Waals surface area contributed by atoms with E-state index >= 15 is 0 Å². The maximum Gasteiger partial charge on any atom is 0.254 e. The molecule has 0 aliphatic carbocycles. The van der Waals surface area contributed by atoms with E-state index in [1.54, 1.807) is 0 Å². The first kappa shape index (κ1) is 29.2. The van der Waals surface area contributed by atoms with Gasteiger partial charge in [0.25, 0.3) is 5.91 Å². The van der Waals surface area contributed by atoms with Crippen LogP contribution in [0.3, 0.4) is 0 Å². The van der Waals surface area contributed by atoms with Crippen molar-refractivity contribution in [3.05, 3.63) is 65.5 Å². The van der Waals surface area contributed by atoms with Crippen molar-refractivity contribution in [2.45, 2.75) is 71.6 Å². The predicted molar refractivity (Wildman–Crippen MR) is 158 cm³/mol. The summed E-state index contributed by atoms with van der Waals surface area (Å²) in [5.41, 5.74) is 3.35. The Kier molecular flexibility index (Phi) is 10.9. The van der Waals surface area contributed by atoms with Gasteiger partial charge in [0.15, 0.2) is 0 Å². The number of carbonyl (C=O) groups excluding carboxylic acids is 1. The monoisotopic (exact) mass is 535 g/mol. The second-order valence-electron chi connectivity index (χ2n) is 11.2. The molecule has 1 aromatic heterocycles. The minimum atomic E-state index is 0.209. The lowest BCUT2D eigenvalue weighted by Gasteiger charge is -2.29. The molecule has 2 aromatic rings. The Hall–Kier alpha value is -2.84. The molecule has 0 radical (unpaired) electrons. The minimum absolute atomic E-state index is 0.209. The smallest absolute Gasteiger partial charge is 0.254 e. The Morgan fingerprint density at radius 2 is 1.87 bits per heavy atom. The van der Waals surface area contributed by atoms with Crippen LogP contribution in [-0.4, -0.2) is 87.5 Å². The Morgan fingerprint density at radius 3 is 2.56 bits per heavy atom. The van der Waals surface area contributed by atoms with Gasteiger partial charge < -0.3 is 24.6 Å². The normalized spacial score (nSPS) is 17.3. The second-order valence-corrected chi connectivity index (χ2v) is 11.2. The van der Waals surface area contributed by atoms with Crippen molar-refractivity contribution < 1.29 is 4.79 Å². The van der Waals surface area contributed by atoms with Crippen LogP contribution in [0.2, 0.25) is 0 Å². The van der Waals surface area contributed by atoms with Crippen LogP contribution in [0.4, 0.5) is 0 Å². The summed E-state index contributed by atoms with van der Waals surface area (Å²) in [6.45, 7) is 12.2. The van der Waals surface area contributed by atoms with E-state index in [-0.39, 0.29) is 12.1 Å². The van der Waals surface area contributed by atoms with Crippen molar-refractivity contribution in [3.8, 4) is 0 Å². The van der Waals surface area contributed by atoms with Crippen LogP contribution in [0, 0.1) is 0 Å². The van der Waals surface area contributed by atoms with Gasteiger partial charge in [0, 0.05) is 70.6 Å². The number of nitrogens with one attached hydrogen (secondary N) is 1. The van der Waals surface area contributed by atoms with Gasteiger partial charge in [-0.3, -0.25) is 9.69 Å². The average Bonchev–Trinajstić information content (AvgIpc) is 3.47. The van der Waals surface area contributed by atoms with Gasteiger partial charge in [0.2, 0.25) is 0 Å². The molecule has 1 N–H and O–H groups in total. The highest BCUT2D eigenvalue weighted by Gasteiger charge is 2.24. The highest BCUT2D eigenvalue weighted by molar-refractivity contribution is 5.96. The number of nitrogens with zero attached hydrogens (tertiary/aromatic N) is 6. The van der Waals surface area contributed by atoms with Crippen LogP contribution in [0.5, 0.6) is 0 Å². The minimum Gasteiger partial charge on any atom is -0.369 e. The molecule has 39 heavy (non-hydrogen) atoms. The van der Waals surface area contributed by atoms with Crippen LogP contribution in [0.1, 0.15) is 73.3 Å². The molecule has 214 valence electrons. The summed E-state index contributed by atoms with van der Waals surface area (Å²) in [4.78, 5) is 27.4. The molecular weight excluding hydrogens is 486 g/mol. The molecule has 0 saturated carbocycles. The van der Waals surface area contributed by atoms with Crippen LogP contribution >= 0.6 is 0 Å². The first-order chi connectivity index (χ1) is 19.0. The number of unbranched alkanes of at least 4 members (excludes halogenated alkanes) is 1. The van der Waals surface area contributed by atoms with E-state index < -0.39 is 0 Å². The van der Waals surface area contributed by atoms with Crippen molar-refractivity contribution in [2.24, 2.45) is 7.05 Å². The van der Waals surface area contributed by atoms with Crippen LogP contribution in [-0.2, 0) is 26.6 Å². The Labute approximate surface area is 235 Å². The number of imidazole rings is 1. The number of likely N-dealkylation sites (N-methyl/N-ethyl adjacent to an activating group) is 1. The van der Waals surface area contributed by atoms with Gasteiger partial charge in [-0.1, -0.05) is 26.0 Å². The quantitative estimate of drug-likeness (QED) is 0.348. The van der Waals surface area contributed by atoms with Gasteiger partial charge >= 0.3 is 0 Å². The maximum atomic E-state index is 13.5. The summed E-state index contributed by atoms with van der Waals surface area (Å²) >= 11 is 0. The molecule has 1 unspecified atom stereocenters. The highest BCUT2D eigenvalue weighted by Crippen LogP contribution is 2.22. The van der Waals surface area contributed by atoms with Gasteiger partial charge in [-0.05, 0) is 75.4 Å². The van der Waals surface area contributed by atoms with E-state index in [0.29, 0.717) is 0 Å². The standard InChI is InChI=1S/C31H49N7O/c1-5-15-36(16-6-2)17-7-8-18-38-19-9-10-27-22-26(11-12-28(27)31(38)39)23-37(24-29-32-13-20-34(29)3)25-30-33-14-21-35(30)4/h11-14,20-22,29,32H,5-10,15-19,23-25H2,1-4H3. The summed E-state index contributed by atoms with van der Waals surface area (Å²) in [5, 5.41) is 3.45. The van der Waals surface area contributed by atoms with Crippen molar-refractivity contribution in [2.75, 3.05) is 46.3 Å². The van der Waals surface area contributed by atoms with Crippen molar-refractivity contribution >= 4 is 5.91 Å². The Morgan fingerprint density at radius 1 is 1.05 bits per heavy atom. The summed E-state index contributed by atoms with van der Waals surface area (Å²) in [5.74, 6) is 1.26. The number of aryl methyl sites for hydroxylation is 2. The van der Waals surface area contributed by atoms with Crippen LogP contribution in [0.15, 0.2) is 43.0 Å². The van der Waals surface area contributed by atoms with Crippen LogP contribution in [0.25, 0.3) is 0 Å². The van der Waals surface area contributed by atoms with E-state index in [4.69, 9.17) is 0 Å². The first-order valence-electron chi connectivity index (χ1n) is 14.9. The third-order valence-electron chi connectivity index (χ3n) is 8.01. The molecular formula is C31H49N7O. The molecule has 1 amide bonds. The number of carbonyl (C=O) groups is 1. The lowest BCUT2D eigenvalue weighted by atomic mass is 10.00. The molecule has 8 nitrogen and oxygen atoms in total. The highest BCUT2D eigenvalue weighted by atomic mass is 16.2. The summed E-state index contributed by atoms with van der Waals surface area (Å²) in [6.07, 6.45) is 14.8. The topological polar surface area (TPSA) is 59.9 Å². The number of hydrogen-bond acceptors (Lipinski definition) is 6. The molecule has 0 saturated heterocycles. The largest absolute Gasteiger partial charge is 0.369 e. The van der Waals surface area contributed by atoms with E-state index in [2.05, 4.69) is 79.8 Å². The summed E-state index contributed by atoms with van der Waals surface area (Å²) in [7, 11) is 4.15. The fourth-order valence-electron chi connectivity index (χ4n) is 5.82. The number of aromatic nitrogens is 2. The van der Waals surface area contributed by atoms with Gasteiger partial charge in [-0.2, -0.15) is 0 Å². The predicted octanol–water partition coefficient (Wildman–Crippen LogP) is 4.05. The number of fused-ring (bicyclic) bond motifs is 1. The number of benzene rings is 1. The zero-order valence-corrected chi connectivity index (χ0v) is 24.6. The van der Waals surface area contributed by atoms with E-state index in [9.17, 15) is 4.79 Å². The first-order valence-corrected chi connectivity index (χ1v) is 14.9. The Balaban J connectivity index is 1.38. The number of rotatable bonds is 15. The molecule has 1 atom stereocenters. The fourth-order valence-corrected chi connectivity index (χ4v) is 5.82. The average molecular weight is 536 g/mol. The number of hydrogen-bond donors (Lipinski definition) is 1. The fraction of sp³-hybridized carbons (Fsp3) is 0.613. The lowest BCUT2D eigenvalue weighted by molar-refractivity contribution is 0.0756. The van der Waals surface area contributed by atoms with Gasteiger partial charge in [0.1, 0.15) is 12.0 Å². The molecule has 0 fully saturated rings. The number of amides is 1. The summed E-state index contributed by atoms with van der Waals surface area (Å²) in [6, 6.07) is 6.51. The van der Waals surface area contributed by atoms with E-state index in [1.807, 2.05) is 25.6 Å². The molecule has 1 aromatic carbocycles. The van der Waals surface area contributed by atoms with Gasteiger partial charge in [-0.25, -0.2) is 4.98 Å².